The fraction of sp³-hybridized carbons (Fsp3) is 0.0222. The van der Waals surface area contributed by atoms with Crippen molar-refractivity contribution in [2.45, 2.75) is 0 Å². The van der Waals surface area contributed by atoms with Crippen molar-refractivity contribution in [1.29, 1.82) is 0 Å². The maximum Gasteiger partial charge on any atom is 0.160 e. The van der Waals surface area contributed by atoms with Gasteiger partial charge >= 0.3 is 0 Å². The van der Waals surface area contributed by atoms with Gasteiger partial charge < -0.3 is 4.57 Å². The summed E-state index contributed by atoms with van der Waals surface area (Å²) in [7, 11) is -2.68. The zero-order valence-corrected chi connectivity index (χ0v) is 27.8. The molecule has 232 valence electrons. The molecule has 0 saturated heterocycles. The summed E-state index contributed by atoms with van der Waals surface area (Å²) in [6.07, 6.45) is 0. The van der Waals surface area contributed by atoms with Crippen LogP contribution in [-0.2, 0) is 4.57 Å². The highest BCUT2D eigenvalue weighted by molar-refractivity contribution is 7.79. The van der Waals surface area contributed by atoms with Crippen LogP contribution in [0.15, 0.2) is 170 Å². The number of fused-ring (bicyclic) bond motifs is 4. The third-order valence-corrected chi connectivity index (χ3v) is 12.2. The molecule has 4 heteroatoms. The van der Waals surface area contributed by atoms with Crippen LogP contribution in [0.3, 0.4) is 0 Å². The second kappa shape index (κ2) is 11.7. The summed E-state index contributed by atoms with van der Waals surface area (Å²) in [4.78, 5) is 9.99. The lowest BCUT2D eigenvalue weighted by Gasteiger charge is -2.15. The van der Waals surface area contributed by atoms with Crippen LogP contribution in [-0.4, -0.2) is 16.6 Å². The first-order valence-electron chi connectivity index (χ1n) is 16.5. The maximum atomic E-state index is 14.1. The van der Waals surface area contributed by atoms with Crippen molar-refractivity contribution >= 4 is 28.5 Å². The lowest BCUT2D eigenvalue weighted by atomic mass is 9.89. The van der Waals surface area contributed by atoms with Gasteiger partial charge in [-0.3, -0.25) is 0 Å². The molecule has 0 fully saturated rings. The molecular weight excluding hydrogens is 615 g/mol. The van der Waals surface area contributed by atoms with Crippen LogP contribution in [0.1, 0.15) is 0 Å². The van der Waals surface area contributed by atoms with Crippen molar-refractivity contribution in [2.75, 3.05) is 6.66 Å². The van der Waals surface area contributed by atoms with Crippen LogP contribution < -0.4 is 10.6 Å². The van der Waals surface area contributed by atoms with Crippen molar-refractivity contribution in [3.63, 3.8) is 0 Å². The van der Waals surface area contributed by atoms with E-state index in [-0.39, 0.29) is 0 Å². The van der Waals surface area contributed by atoms with Gasteiger partial charge in [0.15, 0.2) is 5.82 Å². The van der Waals surface area contributed by atoms with Crippen LogP contribution in [0.4, 0.5) is 0 Å². The number of benzene rings is 7. The van der Waals surface area contributed by atoms with Crippen LogP contribution in [0.5, 0.6) is 0 Å². The monoisotopic (exact) mass is 646 g/mol. The molecule has 49 heavy (non-hydrogen) atoms. The molecule has 1 unspecified atom stereocenters. The molecule has 0 N–H and O–H groups in total. The highest BCUT2D eigenvalue weighted by Gasteiger charge is 2.36. The molecular formula is C45H31N2OP. The Morgan fingerprint density at radius 1 is 0.429 bits per heavy atom. The summed E-state index contributed by atoms with van der Waals surface area (Å²) in [5.41, 5.74) is 11.5. The van der Waals surface area contributed by atoms with E-state index >= 15 is 0 Å². The first kappa shape index (κ1) is 29.3. The molecule has 1 atom stereocenters. The zero-order chi connectivity index (χ0) is 33.0. The number of nitrogens with zero attached hydrogens (tertiary/aromatic N) is 2. The van der Waals surface area contributed by atoms with Crippen molar-refractivity contribution in [2.24, 2.45) is 0 Å². The van der Waals surface area contributed by atoms with Gasteiger partial charge in [-0.05, 0) is 63.5 Å². The highest BCUT2D eigenvalue weighted by Crippen LogP contribution is 2.52. The van der Waals surface area contributed by atoms with E-state index < -0.39 is 7.14 Å². The van der Waals surface area contributed by atoms with Gasteiger partial charge in [0.05, 0.1) is 11.4 Å². The maximum absolute atomic E-state index is 14.1. The number of hydrogen-bond donors (Lipinski definition) is 0. The summed E-state index contributed by atoms with van der Waals surface area (Å²) in [5.74, 6) is 0.702. The van der Waals surface area contributed by atoms with Crippen molar-refractivity contribution < 1.29 is 4.57 Å². The fourth-order valence-electron chi connectivity index (χ4n) is 7.20. The van der Waals surface area contributed by atoms with Crippen LogP contribution in [0, 0.1) is 0 Å². The normalized spacial score (nSPS) is 14.8. The molecule has 1 aromatic heterocycles. The minimum Gasteiger partial charge on any atom is -0.314 e. The molecule has 1 aliphatic heterocycles. The van der Waals surface area contributed by atoms with Crippen LogP contribution >= 0.6 is 7.14 Å². The van der Waals surface area contributed by atoms with Crippen LogP contribution in [0.25, 0.3) is 78.1 Å². The van der Waals surface area contributed by atoms with Crippen molar-refractivity contribution in [1.82, 2.24) is 9.97 Å². The molecule has 0 bridgehead atoms. The van der Waals surface area contributed by atoms with Gasteiger partial charge in [-0.1, -0.05) is 152 Å². The van der Waals surface area contributed by atoms with Crippen LogP contribution in [0.2, 0.25) is 0 Å². The number of hydrogen-bond acceptors (Lipinski definition) is 3. The van der Waals surface area contributed by atoms with E-state index in [0.717, 1.165) is 72.1 Å². The fourth-order valence-corrected chi connectivity index (χ4v) is 9.51. The number of aromatic nitrogens is 2. The molecule has 9 rings (SSSR count). The molecule has 1 aliphatic rings. The molecule has 0 spiro atoms. The summed E-state index contributed by atoms with van der Waals surface area (Å²) < 4.78 is 14.1. The smallest absolute Gasteiger partial charge is 0.160 e. The summed E-state index contributed by atoms with van der Waals surface area (Å²) >= 11 is 0. The van der Waals surface area contributed by atoms with Gasteiger partial charge in [-0.15, -0.1) is 0 Å². The average molecular weight is 647 g/mol. The highest BCUT2D eigenvalue weighted by atomic mass is 31.2. The molecule has 3 nitrogen and oxygen atoms in total. The summed E-state index contributed by atoms with van der Waals surface area (Å²) in [6.45, 7) is 1.90. The van der Waals surface area contributed by atoms with Gasteiger partial charge in [0.2, 0.25) is 0 Å². The van der Waals surface area contributed by atoms with Crippen molar-refractivity contribution in [3.05, 3.63) is 170 Å². The van der Waals surface area contributed by atoms with E-state index in [1.807, 2.05) is 67.3 Å². The molecule has 2 heterocycles. The molecule has 0 amide bonds. The Kier molecular flexibility index (Phi) is 6.97. The second-order valence-corrected chi connectivity index (χ2v) is 15.5. The van der Waals surface area contributed by atoms with E-state index in [1.54, 1.807) is 0 Å². The Bertz CT molecular complexity index is 2520. The van der Waals surface area contributed by atoms with E-state index in [1.165, 1.54) is 10.8 Å². The van der Waals surface area contributed by atoms with Gasteiger partial charge in [0.25, 0.3) is 0 Å². The average Bonchev–Trinajstić information content (AvgIpc) is 3.41. The molecule has 8 aromatic rings. The SMILES string of the molecule is CP1(=O)c2ccccc2-c2c(-c3cc(-c4ccc(-c5cc(-c6ccccc6)nc(-c6ccccc6)n5)cc4)c4ccccc4c3)cccc21. The van der Waals surface area contributed by atoms with Gasteiger partial charge in [-0.25, -0.2) is 9.97 Å². The Balaban J connectivity index is 1.17. The van der Waals surface area contributed by atoms with E-state index in [9.17, 15) is 4.57 Å². The lowest BCUT2D eigenvalue weighted by molar-refractivity contribution is 0.591. The second-order valence-electron chi connectivity index (χ2n) is 12.7. The lowest BCUT2D eigenvalue weighted by Crippen LogP contribution is -2.07. The topological polar surface area (TPSA) is 42.9 Å². The first-order valence-corrected chi connectivity index (χ1v) is 18.6. The Morgan fingerprint density at radius 3 is 1.76 bits per heavy atom. The third-order valence-electron chi connectivity index (χ3n) is 9.63. The Hall–Kier alpha value is -5.89. The van der Waals surface area contributed by atoms with Gasteiger partial charge in [-0.2, -0.15) is 0 Å². The quantitative estimate of drug-likeness (QED) is 0.175. The predicted molar refractivity (Wildman–Crippen MR) is 205 cm³/mol. The minimum atomic E-state index is -2.68. The zero-order valence-electron chi connectivity index (χ0n) is 26.9. The Labute approximate surface area is 286 Å². The Morgan fingerprint density at radius 2 is 1.00 bits per heavy atom. The summed E-state index contributed by atoms with van der Waals surface area (Å²) in [5, 5.41) is 4.25. The number of rotatable bonds is 5. The van der Waals surface area contributed by atoms with E-state index in [2.05, 4.69) is 109 Å². The third kappa shape index (κ3) is 5.03. The minimum absolute atomic E-state index is 0.702. The summed E-state index contributed by atoms with van der Waals surface area (Å²) in [6, 6.07) is 58.7. The van der Waals surface area contributed by atoms with E-state index in [4.69, 9.17) is 9.97 Å². The van der Waals surface area contributed by atoms with Gasteiger partial charge in [0.1, 0.15) is 7.14 Å². The first-order chi connectivity index (χ1) is 24.0. The predicted octanol–water partition coefficient (Wildman–Crippen LogP) is 10.9. The molecule has 0 saturated carbocycles. The van der Waals surface area contributed by atoms with E-state index in [0.29, 0.717) is 5.82 Å². The standard InChI is InChI=1S/C45H31N2OP/c1-49(48)42-21-11-10-19-38(42)44-37(20-12-22-43(44)49)35-27-34-17-8-9-18-36(34)39(28-35)30-23-25-32(26-24-30)41-29-40(31-13-4-2-5-14-31)46-45(47-41)33-15-6-3-7-16-33/h2-29H,1H3. The van der Waals surface area contributed by atoms with Gasteiger partial charge in [0, 0.05) is 32.9 Å². The molecule has 0 aliphatic carbocycles. The molecule has 7 aromatic carbocycles. The largest absolute Gasteiger partial charge is 0.314 e. The molecule has 0 radical (unpaired) electrons. The van der Waals surface area contributed by atoms with Crippen molar-refractivity contribution in [3.8, 4) is 67.3 Å².